The highest BCUT2D eigenvalue weighted by Gasteiger charge is 2.27. The topological polar surface area (TPSA) is 17.1 Å². The zero-order valence-electron chi connectivity index (χ0n) is 7.91. The van der Waals surface area contributed by atoms with Gasteiger partial charge < -0.3 is 0 Å². The highest BCUT2D eigenvalue weighted by atomic mass is 32.2. The second-order valence-electron chi connectivity index (χ2n) is 2.73. The zero-order valence-corrected chi connectivity index (χ0v) is 8.73. The minimum absolute atomic E-state index is 0.00171. The van der Waals surface area contributed by atoms with Gasteiger partial charge in [-0.1, -0.05) is 6.92 Å². The molecule has 1 nitrogen and oxygen atoms in total. The van der Waals surface area contributed by atoms with Gasteiger partial charge in [0.15, 0.2) is 28.4 Å². The van der Waals surface area contributed by atoms with E-state index in [9.17, 15) is 26.7 Å². The molecule has 0 bridgehead atoms. The van der Waals surface area contributed by atoms with Crippen LogP contribution in [0.4, 0.5) is 22.0 Å². The minimum Gasteiger partial charge on any atom is -0.287 e. The van der Waals surface area contributed by atoms with Crippen LogP contribution in [0.5, 0.6) is 0 Å². The molecule has 0 saturated carbocycles. The van der Waals surface area contributed by atoms with E-state index in [1.165, 1.54) is 6.92 Å². The number of carbonyl (C=O) groups excluding carboxylic acids is 1. The lowest BCUT2D eigenvalue weighted by atomic mass is 10.3. The first-order valence-corrected chi connectivity index (χ1v) is 4.93. The van der Waals surface area contributed by atoms with Crippen molar-refractivity contribution in [1.29, 1.82) is 0 Å². The molecule has 0 aliphatic carbocycles. The highest BCUT2D eigenvalue weighted by molar-refractivity contribution is 8.13. The second-order valence-corrected chi connectivity index (χ2v) is 3.79. The molecule has 0 fully saturated rings. The lowest BCUT2D eigenvalue weighted by Gasteiger charge is -2.05. The molecule has 0 aliphatic heterocycles. The average Bonchev–Trinajstić information content (AvgIpc) is 2.29. The van der Waals surface area contributed by atoms with Gasteiger partial charge in [0.05, 0.1) is 4.90 Å². The zero-order chi connectivity index (χ0) is 12.5. The Morgan fingerprint density at radius 1 is 0.938 bits per heavy atom. The lowest BCUT2D eigenvalue weighted by Crippen LogP contribution is -2.04. The smallest absolute Gasteiger partial charge is 0.200 e. The van der Waals surface area contributed by atoms with Crippen LogP contribution >= 0.6 is 11.8 Å². The fourth-order valence-corrected chi connectivity index (χ4v) is 1.59. The highest BCUT2D eigenvalue weighted by Crippen LogP contribution is 2.31. The Bertz CT molecular complexity index is 417. The Morgan fingerprint density at radius 2 is 1.31 bits per heavy atom. The number of benzene rings is 1. The molecule has 0 radical (unpaired) electrons. The van der Waals surface area contributed by atoms with E-state index < -0.39 is 39.1 Å². The molecule has 0 N–H and O–H groups in total. The lowest BCUT2D eigenvalue weighted by molar-refractivity contribution is -0.110. The molecule has 0 heterocycles. The summed E-state index contributed by atoms with van der Waals surface area (Å²) in [5, 5.41) is -0.691. The summed E-state index contributed by atoms with van der Waals surface area (Å²) in [5.74, 6) is -10.3. The summed E-state index contributed by atoms with van der Waals surface area (Å²) >= 11 is -0.00171. The summed E-state index contributed by atoms with van der Waals surface area (Å²) in [5.41, 5.74) is 0. The molecule has 1 aromatic rings. The van der Waals surface area contributed by atoms with Crippen molar-refractivity contribution in [2.45, 2.75) is 18.2 Å². The van der Waals surface area contributed by atoms with Gasteiger partial charge in [-0.3, -0.25) is 4.79 Å². The average molecular weight is 256 g/mol. The van der Waals surface area contributed by atoms with Crippen LogP contribution in [0.3, 0.4) is 0 Å². The van der Waals surface area contributed by atoms with E-state index in [1.54, 1.807) is 0 Å². The van der Waals surface area contributed by atoms with Gasteiger partial charge in [0.25, 0.3) is 0 Å². The summed E-state index contributed by atoms with van der Waals surface area (Å²) < 4.78 is 63.9. The molecule has 0 unspecified atom stereocenters. The minimum atomic E-state index is -2.23. The molecule has 7 heteroatoms. The van der Waals surface area contributed by atoms with Gasteiger partial charge >= 0.3 is 0 Å². The van der Waals surface area contributed by atoms with E-state index >= 15 is 0 Å². The molecule has 0 spiro atoms. The summed E-state index contributed by atoms with van der Waals surface area (Å²) in [6.07, 6.45) is -0.0792. The predicted octanol–water partition coefficient (Wildman–Crippen LogP) is 3.41. The van der Waals surface area contributed by atoms with E-state index in [-0.39, 0.29) is 18.2 Å². The first-order valence-electron chi connectivity index (χ1n) is 4.12. The van der Waals surface area contributed by atoms with Crippen molar-refractivity contribution >= 4 is 16.9 Å². The monoisotopic (exact) mass is 256 g/mol. The molecule has 0 saturated heterocycles. The van der Waals surface area contributed by atoms with Gasteiger partial charge in [-0.15, -0.1) is 0 Å². The van der Waals surface area contributed by atoms with Crippen molar-refractivity contribution < 1.29 is 26.7 Å². The van der Waals surface area contributed by atoms with Crippen LogP contribution in [0.25, 0.3) is 0 Å². The van der Waals surface area contributed by atoms with Crippen LogP contribution < -0.4 is 0 Å². The van der Waals surface area contributed by atoms with Gasteiger partial charge in [0, 0.05) is 6.42 Å². The third kappa shape index (κ3) is 2.18. The number of hydrogen-bond acceptors (Lipinski definition) is 2. The van der Waals surface area contributed by atoms with Gasteiger partial charge in [-0.2, -0.15) is 0 Å². The van der Waals surface area contributed by atoms with E-state index in [0.29, 0.717) is 0 Å². The maximum Gasteiger partial charge on any atom is 0.200 e. The first kappa shape index (κ1) is 13.0. The maximum atomic E-state index is 13.0. The molecular formula is C9H5F5OS. The molecule has 88 valence electrons. The van der Waals surface area contributed by atoms with Crippen LogP contribution in [0.1, 0.15) is 13.3 Å². The van der Waals surface area contributed by atoms with Crippen LogP contribution in [-0.4, -0.2) is 5.12 Å². The fraction of sp³-hybridized carbons (Fsp3) is 0.222. The number of thioether (sulfide) groups is 1. The summed E-state index contributed by atoms with van der Waals surface area (Å²) in [4.78, 5) is 9.72. The van der Waals surface area contributed by atoms with Crippen molar-refractivity contribution in [3.63, 3.8) is 0 Å². The van der Waals surface area contributed by atoms with E-state index in [4.69, 9.17) is 0 Å². The number of rotatable bonds is 2. The molecular weight excluding hydrogens is 251 g/mol. The van der Waals surface area contributed by atoms with Crippen molar-refractivity contribution in [2.75, 3.05) is 0 Å². The van der Waals surface area contributed by atoms with E-state index in [1.807, 2.05) is 0 Å². The largest absolute Gasteiger partial charge is 0.287 e. The molecule has 1 aromatic carbocycles. The van der Waals surface area contributed by atoms with Crippen molar-refractivity contribution in [3.8, 4) is 0 Å². The van der Waals surface area contributed by atoms with Crippen molar-refractivity contribution in [2.24, 2.45) is 0 Å². The number of halogens is 5. The fourth-order valence-electron chi connectivity index (χ4n) is 0.860. The Balaban J connectivity index is 3.34. The van der Waals surface area contributed by atoms with Gasteiger partial charge in [-0.25, -0.2) is 22.0 Å². The third-order valence-electron chi connectivity index (χ3n) is 1.67. The Labute approximate surface area is 91.6 Å². The quantitative estimate of drug-likeness (QED) is 0.349. The summed E-state index contributed by atoms with van der Waals surface area (Å²) in [6, 6.07) is 0. The maximum absolute atomic E-state index is 13.0. The van der Waals surface area contributed by atoms with Gasteiger partial charge in [-0.05, 0) is 11.8 Å². The predicted molar refractivity (Wildman–Crippen MR) is 47.4 cm³/mol. The number of carbonyl (C=O) groups is 1. The van der Waals surface area contributed by atoms with Gasteiger partial charge in [0.2, 0.25) is 5.82 Å². The van der Waals surface area contributed by atoms with Crippen LogP contribution in [0.15, 0.2) is 4.90 Å². The Morgan fingerprint density at radius 3 is 1.69 bits per heavy atom. The van der Waals surface area contributed by atoms with E-state index in [2.05, 4.69) is 0 Å². The molecule has 0 atom stereocenters. The summed E-state index contributed by atoms with van der Waals surface area (Å²) in [7, 11) is 0. The molecule has 0 aliphatic rings. The van der Waals surface area contributed by atoms with Gasteiger partial charge in [0.1, 0.15) is 0 Å². The molecule has 1 rings (SSSR count). The Kier molecular flexibility index (Phi) is 3.90. The summed E-state index contributed by atoms with van der Waals surface area (Å²) in [6.45, 7) is 1.40. The van der Waals surface area contributed by atoms with Crippen molar-refractivity contribution in [3.05, 3.63) is 29.1 Å². The first-order chi connectivity index (χ1) is 7.40. The normalized spacial score (nSPS) is 10.6. The van der Waals surface area contributed by atoms with Crippen LogP contribution in [-0.2, 0) is 4.79 Å². The van der Waals surface area contributed by atoms with E-state index in [0.717, 1.165) is 0 Å². The number of hydrogen-bond donors (Lipinski definition) is 0. The van der Waals surface area contributed by atoms with Crippen molar-refractivity contribution in [1.82, 2.24) is 0 Å². The third-order valence-corrected chi connectivity index (χ3v) is 2.75. The van der Waals surface area contributed by atoms with Crippen LogP contribution in [0.2, 0.25) is 0 Å². The Hall–Kier alpha value is -1.11. The second kappa shape index (κ2) is 4.82. The molecule has 0 aromatic heterocycles. The SMILES string of the molecule is CCC(=O)Sc1c(F)c(F)c(F)c(F)c1F. The van der Waals surface area contributed by atoms with Crippen LogP contribution in [0, 0.1) is 29.1 Å². The molecule has 16 heavy (non-hydrogen) atoms. The standard InChI is InChI=1S/C9H5F5OS/c1-2-3(15)16-9-7(13)5(11)4(10)6(12)8(9)14/h2H2,1H3. The molecule has 0 amide bonds.